The first-order valence-corrected chi connectivity index (χ1v) is 11.1. The van der Waals surface area contributed by atoms with Gasteiger partial charge in [0.15, 0.2) is 0 Å². The maximum absolute atomic E-state index is 11.4. The summed E-state index contributed by atoms with van der Waals surface area (Å²) in [5.74, 6) is 0.785. The second kappa shape index (κ2) is 11.5. The first-order chi connectivity index (χ1) is 15.1. The number of benzene rings is 3. The van der Waals surface area contributed by atoms with Crippen LogP contribution in [0.2, 0.25) is 0 Å². The van der Waals surface area contributed by atoms with Gasteiger partial charge in [0.1, 0.15) is 5.75 Å². The number of para-hydroxylation sites is 3. The summed E-state index contributed by atoms with van der Waals surface area (Å²) in [5.41, 5.74) is 4.77. The van der Waals surface area contributed by atoms with E-state index in [-0.39, 0.29) is 0 Å². The van der Waals surface area contributed by atoms with Crippen LogP contribution in [-0.4, -0.2) is 10.4 Å². The molecule has 6 heteroatoms. The highest BCUT2D eigenvalue weighted by Crippen LogP contribution is 2.25. The largest absolute Gasteiger partial charge is 0.431 e. The molecule has 0 saturated carbocycles. The van der Waals surface area contributed by atoms with Gasteiger partial charge in [-0.3, -0.25) is 4.79 Å². The van der Waals surface area contributed by atoms with Crippen molar-refractivity contribution in [2.45, 2.75) is 32.6 Å². The number of hydrogen-bond acceptors (Lipinski definition) is 3. The van der Waals surface area contributed by atoms with Gasteiger partial charge >= 0.3 is 0 Å². The maximum Gasteiger partial charge on any atom is 0.280 e. The Labute approximate surface area is 194 Å². The van der Waals surface area contributed by atoms with Crippen LogP contribution in [0.4, 0.5) is 16.2 Å². The number of carbonyl (C=O) groups excluding carboxylic acids is 1. The van der Waals surface area contributed by atoms with Crippen molar-refractivity contribution in [1.82, 2.24) is 0 Å². The number of anilines is 2. The zero-order valence-corrected chi connectivity index (χ0v) is 19.1. The summed E-state index contributed by atoms with van der Waals surface area (Å²) < 4.78 is 5.98. The van der Waals surface area contributed by atoms with E-state index < -0.39 is 5.24 Å². The van der Waals surface area contributed by atoms with Gasteiger partial charge < -0.3 is 15.4 Å². The summed E-state index contributed by atoms with van der Waals surface area (Å²) >= 11 is 9.33. The van der Waals surface area contributed by atoms with Crippen molar-refractivity contribution in [3.05, 3.63) is 89.5 Å². The van der Waals surface area contributed by atoms with Gasteiger partial charge in [-0.2, -0.15) is 0 Å². The highest BCUT2D eigenvalue weighted by molar-refractivity contribution is 7.96. The van der Waals surface area contributed by atoms with Crippen LogP contribution in [0.25, 0.3) is 0 Å². The molecule has 31 heavy (non-hydrogen) atoms. The number of rotatable bonds is 8. The maximum atomic E-state index is 11.4. The van der Waals surface area contributed by atoms with E-state index >= 15 is 0 Å². The van der Waals surface area contributed by atoms with Crippen LogP contribution in [0, 0.1) is 0 Å². The number of unbranched alkanes of at least 4 members (excludes halogenated alkanes) is 1. The molecule has 0 aliphatic rings. The normalized spacial score (nSPS) is 10.4. The van der Waals surface area contributed by atoms with E-state index in [9.17, 15) is 4.79 Å². The Balaban J connectivity index is 1.75. The summed E-state index contributed by atoms with van der Waals surface area (Å²) in [5, 5.41) is 5.90. The summed E-state index contributed by atoms with van der Waals surface area (Å²) in [7, 11) is 0. The molecule has 0 atom stereocenters. The molecule has 1 amide bonds. The Morgan fingerprint density at radius 2 is 1.42 bits per heavy atom. The van der Waals surface area contributed by atoms with Crippen molar-refractivity contribution in [3.8, 4) is 5.75 Å². The van der Waals surface area contributed by atoms with Crippen LogP contribution in [0.15, 0.2) is 72.8 Å². The van der Waals surface area contributed by atoms with Gasteiger partial charge in [-0.15, -0.1) is 0 Å². The van der Waals surface area contributed by atoms with E-state index in [0.29, 0.717) is 11.6 Å². The Hall–Kier alpha value is -2.83. The summed E-state index contributed by atoms with van der Waals surface area (Å²) in [6.07, 6.45) is 3.80. The number of carbonyl (C=O) groups is 1. The molecule has 0 aliphatic carbocycles. The number of hydrogen-bond donors (Lipinski definition) is 3. The Morgan fingerprint density at radius 1 is 0.871 bits per heavy atom. The first kappa shape index (κ1) is 22.8. The van der Waals surface area contributed by atoms with E-state index in [1.54, 1.807) is 0 Å². The Bertz CT molecular complexity index is 1050. The van der Waals surface area contributed by atoms with Gasteiger partial charge in [-0.05, 0) is 59.9 Å². The van der Waals surface area contributed by atoms with E-state index in [2.05, 4.69) is 36.3 Å². The molecular formula is C25H26N2O2S2. The molecule has 0 bridgehead atoms. The minimum atomic E-state index is -0.393. The highest BCUT2D eigenvalue weighted by atomic mass is 32.1. The number of thiocarbonyl (C=S) groups is 1. The highest BCUT2D eigenvalue weighted by Gasteiger charge is 2.11. The van der Waals surface area contributed by atoms with Crippen molar-refractivity contribution in [2.24, 2.45) is 0 Å². The molecule has 0 saturated heterocycles. The van der Waals surface area contributed by atoms with Crippen LogP contribution in [0.5, 0.6) is 5.75 Å². The molecule has 0 fully saturated rings. The average Bonchev–Trinajstić information content (AvgIpc) is 2.75. The fraction of sp³-hybridized carbons (Fsp3) is 0.200. The average molecular weight is 451 g/mol. The summed E-state index contributed by atoms with van der Waals surface area (Å²) in [6, 6.07) is 23.6. The van der Waals surface area contributed by atoms with Gasteiger partial charge in [-0.1, -0.05) is 80.6 Å². The predicted octanol–water partition coefficient (Wildman–Crippen LogP) is 6.86. The fourth-order valence-corrected chi connectivity index (χ4v) is 3.65. The minimum Gasteiger partial charge on any atom is -0.431 e. The predicted molar refractivity (Wildman–Crippen MR) is 136 cm³/mol. The molecule has 3 aromatic rings. The molecule has 3 aromatic carbocycles. The summed E-state index contributed by atoms with van der Waals surface area (Å²) in [4.78, 5) is 11.4. The van der Waals surface area contributed by atoms with E-state index in [1.165, 1.54) is 0 Å². The second-order valence-electron chi connectivity index (χ2n) is 7.15. The van der Waals surface area contributed by atoms with Crippen LogP contribution in [0.1, 0.15) is 36.5 Å². The smallest absolute Gasteiger partial charge is 0.280 e. The van der Waals surface area contributed by atoms with Crippen LogP contribution in [-0.2, 0) is 12.8 Å². The second-order valence-corrected chi connectivity index (χ2v) is 7.92. The van der Waals surface area contributed by atoms with Gasteiger partial charge in [0.25, 0.3) is 10.4 Å². The molecule has 0 spiro atoms. The standard InChI is InChI=1S/C25H26N2O2S2/c1-2-3-10-18-11-6-9-16-23(18)29-25(31)27-22-15-8-5-13-20(22)17-19-12-4-7-14-21(19)26-24(28)30/h4-9,11-16H,2-3,10,17H2,1H3,(H,27,31)(H2,26,28,30). The number of aryl methyl sites for hydroxylation is 1. The zero-order valence-electron chi connectivity index (χ0n) is 17.4. The molecule has 2 N–H and O–H groups in total. The lowest BCUT2D eigenvalue weighted by Crippen LogP contribution is -2.18. The van der Waals surface area contributed by atoms with Crippen LogP contribution < -0.4 is 15.4 Å². The van der Waals surface area contributed by atoms with Crippen LogP contribution >= 0.6 is 24.8 Å². The SMILES string of the molecule is CCCCc1ccccc1OC(=S)Nc1ccccc1Cc1ccccc1NC(=O)S. The van der Waals surface area contributed by atoms with Crippen LogP contribution in [0.3, 0.4) is 0 Å². The quantitative estimate of drug-likeness (QED) is 0.259. The monoisotopic (exact) mass is 450 g/mol. The van der Waals surface area contributed by atoms with Crippen molar-refractivity contribution >= 4 is 46.6 Å². The first-order valence-electron chi connectivity index (χ1n) is 10.3. The molecule has 0 aliphatic heterocycles. The molecule has 0 radical (unpaired) electrons. The Kier molecular flexibility index (Phi) is 8.50. The van der Waals surface area contributed by atoms with Crippen molar-refractivity contribution in [3.63, 3.8) is 0 Å². The Morgan fingerprint density at radius 3 is 2.03 bits per heavy atom. The third kappa shape index (κ3) is 6.84. The lowest BCUT2D eigenvalue weighted by atomic mass is 10.0. The van der Waals surface area contributed by atoms with Gasteiger partial charge in [0, 0.05) is 17.8 Å². The molecule has 0 heterocycles. The molecule has 3 rings (SSSR count). The molecule has 0 unspecified atom stereocenters. The number of ether oxygens (including phenoxy) is 1. The third-order valence-corrected chi connectivity index (χ3v) is 5.17. The lowest BCUT2D eigenvalue weighted by molar-refractivity contribution is 0.270. The molecule has 0 aromatic heterocycles. The summed E-state index contributed by atoms with van der Waals surface area (Å²) in [6.45, 7) is 2.17. The van der Waals surface area contributed by atoms with Crippen molar-refractivity contribution < 1.29 is 9.53 Å². The molecular weight excluding hydrogens is 424 g/mol. The molecule has 4 nitrogen and oxygen atoms in total. The number of nitrogens with one attached hydrogen (secondary N) is 2. The van der Waals surface area contributed by atoms with E-state index in [4.69, 9.17) is 17.0 Å². The molecule has 160 valence electrons. The fourth-order valence-electron chi connectivity index (χ4n) is 3.33. The van der Waals surface area contributed by atoms with Gasteiger partial charge in [-0.25, -0.2) is 0 Å². The van der Waals surface area contributed by atoms with Crippen molar-refractivity contribution in [2.75, 3.05) is 10.6 Å². The van der Waals surface area contributed by atoms with E-state index in [0.717, 1.165) is 53.1 Å². The minimum absolute atomic E-state index is 0.299. The van der Waals surface area contributed by atoms with Crippen molar-refractivity contribution in [1.29, 1.82) is 0 Å². The van der Waals surface area contributed by atoms with Gasteiger partial charge in [0.2, 0.25) is 0 Å². The number of thiol groups is 1. The third-order valence-electron chi connectivity index (χ3n) is 4.87. The lowest BCUT2D eigenvalue weighted by Gasteiger charge is -2.16. The number of amides is 1. The van der Waals surface area contributed by atoms with E-state index in [1.807, 2.05) is 66.7 Å². The zero-order chi connectivity index (χ0) is 22.1. The topological polar surface area (TPSA) is 50.4 Å². The van der Waals surface area contributed by atoms with Gasteiger partial charge in [0.05, 0.1) is 0 Å².